The highest BCUT2D eigenvalue weighted by Crippen LogP contribution is 2.22. The molecule has 0 radical (unpaired) electrons. The molecule has 114 valence electrons. The molecule has 0 saturated heterocycles. The van der Waals surface area contributed by atoms with E-state index in [9.17, 15) is 9.18 Å². The van der Waals surface area contributed by atoms with Gasteiger partial charge >= 0.3 is 0 Å². The largest absolute Gasteiger partial charge is 0.300 e. The Kier molecular flexibility index (Phi) is 10.5. The molecule has 0 aliphatic heterocycles. The molecule has 3 unspecified atom stereocenters. The minimum Gasteiger partial charge on any atom is -0.300 e. The molecule has 0 N–H and O–H groups in total. The number of halogens is 1. The number of hydrogen-bond donors (Lipinski definition) is 0. The Hall–Kier alpha value is -0.820. The van der Waals surface area contributed by atoms with Crippen LogP contribution in [-0.2, 0) is 4.79 Å². The minimum absolute atomic E-state index is 0.182. The van der Waals surface area contributed by atoms with Gasteiger partial charge < -0.3 is 0 Å². The lowest BCUT2D eigenvalue weighted by molar-refractivity contribution is -0.119. The zero-order chi connectivity index (χ0) is 15.5. The quantitative estimate of drug-likeness (QED) is 0.441. The zero-order valence-electron chi connectivity index (χ0n) is 13.0. The highest BCUT2D eigenvalue weighted by atomic mass is 31.0. The van der Waals surface area contributed by atoms with Crippen LogP contribution >= 0.6 is 9.24 Å². The minimum atomic E-state index is -1.16. The number of alkyl halides is 1. The van der Waals surface area contributed by atoms with Gasteiger partial charge in [0.15, 0.2) is 5.91 Å². The number of nitrogens with zero attached hydrogens (tertiary/aromatic N) is 1. The number of carbonyl (C=O) groups excluding carboxylic acids is 1. The fourth-order valence-electron chi connectivity index (χ4n) is 2.02. The molecule has 2 nitrogen and oxygen atoms in total. The SMILES string of the molecule is C\C=C(/N=C/C(=C\C)C(CCC)CC(=O)CC)C(F)P. The molecule has 0 aromatic carbocycles. The topological polar surface area (TPSA) is 29.4 Å². The molecule has 0 bridgehead atoms. The van der Waals surface area contributed by atoms with E-state index in [4.69, 9.17) is 0 Å². The van der Waals surface area contributed by atoms with Gasteiger partial charge in [0.05, 0.1) is 5.70 Å². The average Bonchev–Trinajstić information content (AvgIpc) is 2.42. The van der Waals surface area contributed by atoms with Crippen molar-refractivity contribution in [2.45, 2.75) is 59.3 Å². The molecule has 0 fully saturated rings. The van der Waals surface area contributed by atoms with Crippen LogP contribution in [0.5, 0.6) is 0 Å². The lowest BCUT2D eigenvalue weighted by Gasteiger charge is -2.16. The first kappa shape index (κ1) is 19.2. The van der Waals surface area contributed by atoms with Gasteiger partial charge in [0.25, 0.3) is 0 Å². The van der Waals surface area contributed by atoms with Gasteiger partial charge in [-0.25, -0.2) is 4.39 Å². The van der Waals surface area contributed by atoms with Crippen LogP contribution in [0, 0.1) is 5.92 Å². The normalized spacial score (nSPS) is 16.5. The Labute approximate surface area is 124 Å². The van der Waals surface area contributed by atoms with E-state index in [2.05, 4.69) is 21.2 Å². The van der Waals surface area contributed by atoms with Crippen molar-refractivity contribution in [2.24, 2.45) is 10.9 Å². The highest BCUT2D eigenvalue weighted by Gasteiger charge is 2.15. The van der Waals surface area contributed by atoms with Crippen molar-refractivity contribution in [3.05, 3.63) is 23.4 Å². The first-order chi connectivity index (χ1) is 9.49. The smallest absolute Gasteiger partial charge is 0.154 e. The molecule has 0 rings (SSSR count). The van der Waals surface area contributed by atoms with Crippen molar-refractivity contribution in [3.63, 3.8) is 0 Å². The monoisotopic (exact) mass is 299 g/mol. The van der Waals surface area contributed by atoms with Crippen molar-refractivity contribution in [2.75, 3.05) is 0 Å². The maximum atomic E-state index is 13.2. The lowest BCUT2D eigenvalue weighted by atomic mass is 9.89. The van der Waals surface area contributed by atoms with Crippen LogP contribution in [-0.4, -0.2) is 17.9 Å². The van der Waals surface area contributed by atoms with E-state index in [1.165, 1.54) is 0 Å². The van der Waals surface area contributed by atoms with Crippen LogP contribution in [0.25, 0.3) is 0 Å². The van der Waals surface area contributed by atoms with Gasteiger partial charge in [-0.05, 0) is 31.8 Å². The van der Waals surface area contributed by atoms with E-state index in [0.29, 0.717) is 18.5 Å². The summed E-state index contributed by atoms with van der Waals surface area (Å²) >= 11 is 0. The molecule has 0 spiro atoms. The van der Waals surface area contributed by atoms with Gasteiger partial charge in [0.2, 0.25) is 0 Å². The van der Waals surface area contributed by atoms with Gasteiger partial charge in [-0.2, -0.15) is 0 Å². The summed E-state index contributed by atoms with van der Waals surface area (Å²) in [4.78, 5) is 15.9. The third-order valence-corrected chi connectivity index (χ3v) is 3.59. The van der Waals surface area contributed by atoms with Crippen molar-refractivity contribution >= 4 is 21.2 Å². The van der Waals surface area contributed by atoms with Gasteiger partial charge in [0, 0.05) is 19.1 Å². The van der Waals surface area contributed by atoms with E-state index >= 15 is 0 Å². The third kappa shape index (κ3) is 7.09. The van der Waals surface area contributed by atoms with Crippen LogP contribution in [0.15, 0.2) is 28.4 Å². The summed E-state index contributed by atoms with van der Waals surface area (Å²) in [6.07, 6.45) is 8.40. The molecule has 20 heavy (non-hydrogen) atoms. The van der Waals surface area contributed by atoms with Crippen molar-refractivity contribution < 1.29 is 9.18 Å². The van der Waals surface area contributed by atoms with E-state index < -0.39 is 5.91 Å². The first-order valence-corrected chi connectivity index (χ1v) is 7.94. The number of rotatable bonds is 9. The van der Waals surface area contributed by atoms with Crippen molar-refractivity contribution in [3.8, 4) is 0 Å². The molecule has 0 amide bonds. The second-order valence-electron chi connectivity index (χ2n) is 4.74. The number of aliphatic imine (C=N–C) groups is 1. The molecular weight excluding hydrogens is 272 g/mol. The van der Waals surface area contributed by atoms with Crippen LogP contribution in [0.3, 0.4) is 0 Å². The van der Waals surface area contributed by atoms with Crippen LogP contribution < -0.4 is 0 Å². The fraction of sp³-hybridized carbons (Fsp3) is 0.625. The molecule has 0 saturated carbocycles. The second kappa shape index (κ2) is 10.9. The highest BCUT2D eigenvalue weighted by molar-refractivity contribution is 7.17. The number of Topliss-reactive ketones (excluding diaryl/α,β-unsaturated/α-hetero) is 1. The van der Waals surface area contributed by atoms with Crippen LogP contribution in [0.2, 0.25) is 0 Å². The van der Waals surface area contributed by atoms with Gasteiger partial charge in [-0.15, -0.1) is 0 Å². The Morgan fingerprint density at radius 3 is 2.35 bits per heavy atom. The summed E-state index contributed by atoms with van der Waals surface area (Å²) in [5, 5.41) is 0. The summed E-state index contributed by atoms with van der Waals surface area (Å²) in [7, 11) is 2.10. The van der Waals surface area contributed by atoms with E-state index in [0.717, 1.165) is 18.4 Å². The molecule has 0 heterocycles. The molecule has 4 heteroatoms. The summed E-state index contributed by atoms with van der Waals surface area (Å²) < 4.78 is 13.2. The third-order valence-electron chi connectivity index (χ3n) is 3.25. The maximum Gasteiger partial charge on any atom is 0.154 e. The number of carbonyl (C=O) groups is 1. The van der Waals surface area contributed by atoms with Gasteiger partial charge in [0.1, 0.15) is 5.78 Å². The molecule has 0 aromatic heterocycles. The molecule has 0 aliphatic carbocycles. The Balaban J connectivity index is 5.01. The molecular formula is C16H27FNOP. The Morgan fingerprint density at radius 1 is 1.30 bits per heavy atom. The predicted molar refractivity (Wildman–Crippen MR) is 88.9 cm³/mol. The standard InChI is InChI=1S/C16H27FNOP/c1-5-9-13(10-14(19)7-3)12(6-2)11-18-15(8-4)16(17)20/h6,8,11,13,16H,5,7,9-10,20H2,1-4H3/b12-6+,15-8-,18-11+. The van der Waals surface area contributed by atoms with Gasteiger partial charge in [-0.3, -0.25) is 9.79 Å². The fourth-order valence-corrected chi connectivity index (χ4v) is 2.30. The van der Waals surface area contributed by atoms with Gasteiger partial charge in [-0.1, -0.05) is 41.7 Å². The number of ketones is 1. The lowest BCUT2D eigenvalue weighted by Crippen LogP contribution is -2.11. The summed E-state index contributed by atoms with van der Waals surface area (Å²) in [6.45, 7) is 7.69. The summed E-state index contributed by atoms with van der Waals surface area (Å²) in [5.41, 5.74) is 1.41. The zero-order valence-corrected chi connectivity index (χ0v) is 14.2. The van der Waals surface area contributed by atoms with Crippen molar-refractivity contribution in [1.29, 1.82) is 0 Å². The molecule has 3 atom stereocenters. The summed E-state index contributed by atoms with van der Waals surface area (Å²) in [5.74, 6) is -0.713. The summed E-state index contributed by atoms with van der Waals surface area (Å²) in [6, 6.07) is 0. The maximum absolute atomic E-state index is 13.2. The Morgan fingerprint density at radius 2 is 1.95 bits per heavy atom. The number of hydrogen-bond acceptors (Lipinski definition) is 2. The first-order valence-electron chi connectivity index (χ1n) is 7.27. The molecule has 0 aliphatic rings. The predicted octanol–water partition coefficient (Wildman–Crippen LogP) is 4.86. The average molecular weight is 299 g/mol. The van der Waals surface area contributed by atoms with Crippen LogP contribution in [0.4, 0.5) is 4.39 Å². The van der Waals surface area contributed by atoms with E-state index in [1.807, 2.05) is 19.9 Å². The van der Waals surface area contributed by atoms with Crippen LogP contribution in [0.1, 0.15) is 53.4 Å². The van der Waals surface area contributed by atoms with Crippen molar-refractivity contribution in [1.82, 2.24) is 0 Å². The van der Waals surface area contributed by atoms with E-state index in [-0.39, 0.29) is 11.7 Å². The van der Waals surface area contributed by atoms with E-state index in [1.54, 1.807) is 19.2 Å². The number of allylic oxidation sites excluding steroid dienone is 4. The second-order valence-corrected chi connectivity index (χ2v) is 5.33. The Bertz CT molecular complexity index is 386. The molecule has 0 aromatic rings.